The van der Waals surface area contributed by atoms with Crippen LogP contribution in [0.3, 0.4) is 0 Å². The van der Waals surface area contributed by atoms with Crippen LogP contribution < -0.4 is 4.74 Å². The van der Waals surface area contributed by atoms with Gasteiger partial charge in [0.25, 0.3) is 0 Å². The maximum Gasteiger partial charge on any atom is 0.228 e. The molecule has 2 heterocycles. The maximum absolute atomic E-state index is 10.6. The normalized spacial score (nSPS) is 38.2. The average molecular weight is 320 g/mol. The number of benzene rings is 1. The fourth-order valence-corrected chi connectivity index (χ4v) is 5.61. The predicted molar refractivity (Wildman–Crippen MR) is 91.3 cm³/mol. The van der Waals surface area contributed by atoms with Crippen LogP contribution in [0.15, 0.2) is 36.9 Å². The Morgan fingerprint density at radius 2 is 2.33 bits per heavy atom. The number of rotatable bonds is 2. The molecule has 4 heteroatoms. The Bertz CT molecular complexity index is 809. The van der Waals surface area contributed by atoms with E-state index in [4.69, 9.17) is 11.3 Å². The Morgan fingerprint density at radius 3 is 3.12 bits per heavy atom. The highest BCUT2D eigenvalue weighted by atomic mass is 16.5. The molecule has 0 aromatic heterocycles. The SMILES string of the molecule is [C-]#[N+]c1ccc2c3c1OC1C(O)C=CC4[C@@H](C2)N(CC=C)CC[C@]314. The molecule has 1 aromatic carbocycles. The molecule has 4 aliphatic rings. The summed E-state index contributed by atoms with van der Waals surface area (Å²) >= 11 is 0. The van der Waals surface area contributed by atoms with Gasteiger partial charge >= 0.3 is 0 Å². The molecule has 5 atom stereocenters. The second kappa shape index (κ2) is 4.72. The van der Waals surface area contributed by atoms with Crippen molar-refractivity contribution in [1.82, 2.24) is 4.90 Å². The van der Waals surface area contributed by atoms with E-state index in [2.05, 4.69) is 28.5 Å². The lowest BCUT2D eigenvalue weighted by Crippen LogP contribution is -2.65. The summed E-state index contributed by atoms with van der Waals surface area (Å²) in [6.45, 7) is 13.3. The minimum atomic E-state index is -0.607. The van der Waals surface area contributed by atoms with E-state index in [0.29, 0.717) is 17.6 Å². The molecule has 1 fully saturated rings. The number of piperidine rings is 1. The van der Waals surface area contributed by atoms with Crippen LogP contribution in [0, 0.1) is 12.5 Å². The summed E-state index contributed by atoms with van der Waals surface area (Å²) < 4.78 is 6.25. The monoisotopic (exact) mass is 320 g/mol. The molecule has 1 saturated heterocycles. The molecule has 0 radical (unpaired) electrons. The van der Waals surface area contributed by atoms with E-state index in [0.717, 1.165) is 31.7 Å². The van der Waals surface area contributed by atoms with Crippen LogP contribution in [0.25, 0.3) is 4.85 Å². The molecule has 2 bridgehead atoms. The number of likely N-dealkylation sites (tertiary alicyclic amines) is 1. The Labute approximate surface area is 141 Å². The fourth-order valence-electron chi connectivity index (χ4n) is 5.61. The van der Waals surface area contributed by atoms with Crippen molar-refractivity contribution in [1.29, 1.82) is 0 Å². The Morgan fingerprint density at radius 1 is 1.46 bits per heavy atom. The van der Waals surface area contributed by atoms with Gasteiger partial charge in [-0.2, -0.15) is 0 Å². The summed E-state index contributed by atoms with van der Waals surface area (Å²) in [7, 11) is 0. The zero-order valence-electron chi connectivity index (χ0n) is 13.5. The Kier molecular flexibility index (Phi) is 2.81. The van der Waals surface area contributed by atoms with Crippen molar-refractivity contribution < 1.29 is 9.84 Å². The van der Waals surface area contributed by atoms with E-state index in [-0.39, 0.29) is 11.5 Å². The van der Waals surface area contributed by atoms with Crippen LogP contribution >= 0.6 is 0 Å². The number of aliphatic hydroxyl groups is 1. The molecule has 2 aliphatic heterocycles. The van der Waals surface area contributed by atoms with Gasteiger partial charge in [0.05, 0.1) is 6.57 Å². The third-order valence-electron chi connectivity index (χ3n) is 6.47. The zero-order valence-corrected chi connectivity index (χ0v) is 13.5. The number of nitrogens with zero attached hydrogens (tertiary/aromatic N) is 2. The number of hydrogen-bond donors (Lipinski definition) is 1. The van der Waals surface area contributed by atoms with Crippen LogP contribution in [0.2, 0.25) is 0 Å². The first kappa shape index (κ1) is 14.3. The third-order valence-corrected chi connectivity index (χ3v) is 6.47. The van der Waals surface area contributed by atoms with Gasteiger partial charge < -0.3 is 9.84 Å². The molecule has 5 rings (SSSR count). The lowest BCUT2D eigenvalue weighted by Gasteiger charge is -2.57. The van der Waals surface area contributed by atoms with Gasteiger partial charge in [-0.15, -0.1) is 6.58 Å². The molecular weight excluding hydrogens is 300 g/mol. The van der Waals surface area contributed by atoms with Crippen LogP contribution in [-0.4, -0.2) is 41.3 Å². The molecule has 122 valence electrons. The maximum atomic E-state index is 10.6. The predicted octanol–water partition coefficient (Wildman–Crippen LogP) is 2.60. The van der Waals surface area contributed by atoms with Crippen LogP contribution in [0.4, 0.5) is 5.69 Å². The summed E-state index contributed by atoms with van der Waals surface area (Å²) in [6, 6.07) is 4.39. The van der Waals surface area contributed by atoms with Crippen molar-refractivity contribution >= 4 is 5.69 Å². The summed E-state index contributed by atoms with van der Waals surface area (Å²) in [4.78, 5) is 6.17. The van der Waals surface area contributed by atoms with Gasteiger partial charge in [-0.3, -0.25) is 4.90 Å². The summed E-state index contributed by atoms with van der Waals surface area (Å²) in [5.41, 5.74) is 2.90. The van der Waals surface area contributed by atoms with E-state index in [9.17, 15) is 5.11 Å². The van der Waals surface area contributed by atoms with Gasteiger partial charge in [-0.05, 0) is 30.5 Å². The van der Waals surface area contributed by atoms with Gasteiger partial charge in [0, 0.05) is 23.9 Å². The van der Waals surface area contributed by atoms with Crippen molar-refractivity contribution in [3.8, 4) is 5.75 Å². The molecule has 1 spiro atoms. The van der Waals surface area contributed by atoms with Crippen LogP contribution in [0.1, 0.15) is 17.5 Å². The second-order valence-electron chi connectivity index (χ2n) is 7.34. The number of aliphatic hydroxyl groups excluding tert-OH is 1. The van der Waals surface area contributed by atoms with Crippen molar-refractivity contribution in [3.05, 3.63) is 59.5 Å². The van der Waals surface area contributed by atoms with Gasteiger partial charge in [-0.1, -0.05) is 30.4 Å². The molecule has 0 amide bonds. The lowest BCUT2D eigenvalue weighted by molar-refractivity contribution is -0.0484. The molecule has 0 saturated carbocycles. The van der Waals surface area contributed by atoms with E-state index in [1.54, 1.807) is 0 Å². The minimum Gasteiger partial charge on any atom is -0.497 e. The van der Waals surface area contributed by atoms with E-state index < -0.39 is 6.10 Å². The van der Waals surface area contributed by atoms with Crippen molar-refractivity contribution in [3.63, 3.8) is 0 Å². The quantitative estimate of drug-likeness (QED) is 0.672. The molecule has 4 nitrogen and oxygen atoms in total. The third kappa shape index (κ3) is 1.50. The molecule has 24 heavy (non-hydrogen) atoms. The second-order valence-corrected chi connectivity index (χ2v) is 7.34. The fraction of sp³-hybridized carbons (Fsp3) is 0.450. The average Bonchev–Trinajstić information content (AvgIpc) is 2.94. The topological polar surface area (TPSA) is 37.1 Å². The van der Waals surface area contributed by atoms with E-state index in [1.807, 2.05) is 18.2 Å². The Balaban J connectivity index is 1.77. The summed E-state index contributed by atoms with van der Waals surface area (Å²) in [6.07, 6.45) is 7.12. The van der Waals surface area contributed by atoms with E-state index >= 15 is 0 Å². The highest BCUT2D eigenvalue weighted by molar-refractivity contribution is 5.69. The number of ether oxygens (including phenoxy) is 1. The zero-order chi connectivity index (χ0) is 16.5. The van der Waals surface area contributed by atoms with Crippen molar-refractivity contribution in [2.75, 3.05) is 13.1 Å². The largest absolute Gasteiger partial charge is 0.497 e. The number of hydrogen-bond acceptors (Lipinski definition) is 3. The lowest BCUT2D eigenvalue weighted by atomic mass is 9.53. The smallest absolute Gasteiger partial charge is 0.228 e. The highest BCUT2D eigenvalue weighted by Gasteiger charge is 2.64. The first-order valence-electron chi connectivity index (χ1n) is 8.62. The van der Waals surface area contributed by atoms with Crippen LogP contribution in [-0.2, 0) is 11.8 Å². The Hall–Kier alpha value is -2.09. The molecule has 1 N–H and O–H groups in total. The van der Waals surface area contributed by atoms with Crippen molar-refractivity contribution in [2.45, 2.75) is 36.5 Å². The summed E-state index contributed by atoms with van der Waals surface area (Å²) in [5.74, 6) is 1.06. The van der Waals surface area contributed by atoms with Gasteiger partial charge in [0.15, 0.2) is 0 Å². The van der Waals surface area contributed by atoms with Crippen molar-refractivity contribution in [2.24, 2.45) is 5.92 Å². The molecule has 1 aromatic rings. The van der Waals surface area contributed by atoms with Crippen LogP contribution in [0.5, 0.6) is 5.75 Å². The standard InChI is InChI=1S/C20H20N2O2/c1-3-9-22-10-8-20-13-5-7-16(23)19(20)24-18-14(21-2)6-4-12(17(18)20)11-15(13)22/h3-7,13,15-16,19,23H,1,8-11H2/t13?,15-,16?,19?,20+/m1/s1. The first-order chi connectivity index (χ1) is 11.7. The molecule has 3 unspecified atom stereocenters. The van der Waals surface area contributed by atoms with E-state index in [1.165, 1.54) is 11.1 Å². The van der Waals surface area contributed by atoms with Gasteiger partial charge in [-0.25, -0.2) is 4.85 Å². The van der Waals surface area contributed by atoms with Gasteiger partial charge in [0.2, 0.25) is 5.69 Å². The molecular formula is C20H20N2O2. The summed E-state index contributed by atoms with van der Waals surface area (Å²) in [5, 5.41) is 10.6. The highest BCUT2D eigenvalue weighted by Crippen LogP contribution is 2.62. The minimum absolute atomic E-state index is 0.180. The van der Waals surface area contributed by atoms with Gasteiger partial charge in [0.1, 0.15) is 18.0 Å². The first-order valence-corrected chi connectivity index (χ1v) is 8.62. The molecule has 2 aliphatic carbocycles.